The van der Waals surface area contributed by atoms with Crippen LogP contribution in [0.5, 0.6) is 0 Å². The molecule has 0 bridgehead atoms. The Balaban J connectivity index is 2.57. The molecule has 0 aliphatic carbocycles. The first-order valence-electron chi connectivity index (χ1n) is 3.34. The monoisotopic (exact) mass is 140 g/mol. The van der Waals surface area contributed by atoms with Gasteiger partial charge in [0.25, 0.3) is 0 Å². The Morgan fingerprint density at radius 3 is 2.60 bits per heavy atom. The van der Waals surface area contributed by atoms with Crippen molar-refractivity contribution in [1.29, 1.82) is 0 Å². The van der Waals surface area contributed by atoms with Crippen LogP contribution in [0.1, 0.15) is 26.5 Å². The maximum absolute atomic E-state index is 4.46. The molecular weight excluding hydrogens is 128 g/mol. The van der Waals surface area contributed by atoms with Gasteiger partial charge in [0.1, 0.15) is 5.69 Å². The molecule has 0 atom stereocenters. The Bertz CT molecular complexity index is 186. The lowest BCUT2D eigenvalue weighted by Crippen LogP contribution is -2.09. The summed E-state index contributed by atoms with van der Waals surface area (Å²) < 4.78 is 4.46. The van der Waals surface area contributed by atoms with Crippen LogP contribution in [0.3, 0.4) is 0 Å². The lowest BCUT2D eigenvalue weighted by atomic mass is 9.91. The van der Waals surface area contributed by atoms with Gasteiger partial charge < -0.3 is 0 Å². The van der Waals surface area contributed by atoms with Crippen LogP contribution >= 0.6 is 0 Å². The molecule has 10 heavy (non-hydrogen) atoms. The molecule has 0 spiro atoms. The standard InChI is InChI=1S/C7H12N2O/c1-7(2,3)4-6-5-8-10-9-6/h5H,4H2,1-3H3. The summed E-state index contributed by atoms with van der Waals surface area (Å²) >= 11 is 0. The zero-order valence-electron chi connectivity index (χ0n) is 6.59. The lowest BCUT2D eigenvalue weighted by molar-refractivity contribution is 0.296. The Morgan fingerprint density at radius 1 is 1.50 bits per heavy atom. The minimum atomic E-state index is 0.262. The second-order valence-electron chi connectivity index (χ2n) is 3.64. The van der Waals surface area contributed by atoms with Crippen molar-refractivity contribution in [3.8, 4) is 0 Å². The summed E-state index contributed by atoms with van der Waals surface area (Å²) in [7, 11) is 0. The molecule has 0 unspecified atom stereocenters. The highest BCUT2D eigenvalue weighted by molar-refractivity contribution is 4.92. The van der Waals surface area contributed by atoms with Crippen LogP contribution in [-0.4, -0.2) is 10.3 Å². The van der Waals surface area contributed by atoms with E-state index < -0.39 is 0 Å². The third-order valence-electron chi connectivity index (χ3n) is 1.12. The van der Waals surface area contributed by atoms with E-state index in [0.29, 0.717) is 0 Å². The van der Waals surface area contributed by atoms with Gasteiger partial charge in [-0.2, -0.15) is 0 Å². The molecule has 0 fully saturated rings. The van der Waals surface area contributed by atoms with Gasteiger partial charge in [-0.3, -0.25) is 0 Å². The van der Waals surface area contributed by atoms with E-state index in [1.54, 1.807) is 6.20 Å². The van der Waals surface area contributed by atoms with E-state index in [2.05, 4.69) is 35.7 Å². The Morgan fingerprint density at radius 2 is 2.20 bits per heavy atom. The summed E-state index contributed by atoms with van der Waals surface area (Å²) in [5, 5.41) is 7.24. The summed E-state index contributed by atoms with van der Waals surface area (Å²) in [5.74, 6) is 0. The van der Waals surface area contributed by atoms with Crippen molar-refractivity contribution in [2.75, 3.05) is 0 Å². The van der Waals surface area contributed by atoms with E-state index in [0.717, 1.165) is 12.1 Å². The molecule has 56 valence electrons. The van der Waals surface area contributed by atoms with Gasteiger partial charge in [0.2, 0.25) is 0 Å². The second kappa shape index (κ2) is 2.40. The fourth-order valence-corrected chi connectivity index (χ4v) is 0.805. The topological polar surface area (TPSA) is 38.9 Å². The van der Waals surface area contributed by atoms with Gasteiger partial charge in [-0.25, -0.2) is 4.63 Å². The highest BCUT2D eigenvalue weighted by Crippen LogP contribution is 2.18. The van der Waals surface area contributed by atoms with Gasteiger partial charge in [0.05, 0.1) is 6.20 Å². The van der Waals surface area contributed by atoms with Gasteiger partial charge in [-0.1, -0.05) is 31.1 Å². The van der Waals surface area contributed by atoms with Gasteiger partial charge >= 0.3 is 0 Å². The molecule has 0 saturated carbocycles. The molecule has 0 radical (unpaired) electrons. The van der Waals surface area contributed by atoms with Crippen LogP contribution in [0.25, 0.3) is 0 Å². The van der Waals surface area contributed by atoms with Crippen molar-refractivity contribution in [1.82, 2.24) is 10.3 Å². The number of hydrogen-bond donors (Lipinski definition) is 0. The van der Waals surface area contributed by atoms with Crippen LogP contribution in [0, 0.1) is 5.41 Å². The van der Waals surface area contributed by atoms with Crippen molar-refractivity contribution in [2.24, 2.45) is 5.41 Å². The van der Waals surface area contributed by atoms with Gasteiger partial charge in [0.15, 0.2) is 0 Å². The minimum absolute atomic E-state index is 0.262. The van der Waals surface area contributed by atoms with Crippen LogP contribution < -0.4 is 0 Å². The van der Waals surface area contributed by atoms with E-state index in [9.17, 15) is 0 Å². The normalized spacial score (nSPS) is 11.9. The molecule has 0 aliphatic rings. The predicted molar refractivity (Wildman–Crippen MR) is 37.5 cm³/mol. The van der Waals surface area contributed by atoms with Gasteiger partial charge in [-0.05, 0) is 11.8 Å². The molecule has 0 saturated heterocycles. The summed E-state index contributed by atoms with van der Waals surface area (Å²) in [4.78, 5) is 0. The smallest absolute Gasteiger partial charge is 0.105 e. The zero-order chi connectivity index (χ0) is 7.61. The molecule has 0 aromatic carbocycles. The third kappa shape index (κ3) is 2.17. The van der Waals surface area contributed by atoms with Crippen molar-refractivity contribution >= 4 is 0 Å². The molecule has 1 aromatic rings. The maximum atomic E-state index is 4.46. The highest BCUT2D eigenvalue weighted by atomic mass is 16.6. The molecule has 1 rings (SSSR count). The first-order chi connectivity index (χ1) is 4.58. The first kappa shape index (κ1) is 7.25. The van der Waals surface area contributed by atoms with Crippen LogP contribution in [0.2, 0.25) is 0 Å². The molecule has 1 heterocycles. The van der Waals surface area contributed by atoms with Crippen LogP contribution in [0.15, 0.2) is 10.8 Å². The number of aromatic nitrogens is 2. The average Bonchev–Trinajstić information content (AvgIpc) is 2.12. The lowest BCUT2D eigenvalue weighted by Gasteiger charge is -2.14. The molecule has 0 N–H and O–H groups in total. The fraction of sp³-hybridized carbons (Fsp3) is 0.714. The van der Waals surface area contributed by atoms with Crippen LogP contribution in [-0.2, 0) is 6.42 Å². The zero-order valence-corrected chi connectivity index (χ0v) is 6.59. The third-order valence-corrected chi connectivity index (χ3v) is 1.12. The van der Waals surface area contributed by atoms with Crippen molar-refractivity contribution < 1.29 is 4.63 Å². The van der Waals surface area contributed by atoms with Crippen molar-refractivity contribution in [3.05, 3.63) is 11.9 Å². The average molecular weight is 140 g/mol. The Labute approximate surface area is 60.4 Å². The maximum Gasteiger partial charge on any atom is 0.105 e. The minimum Gasteiger partial charge on any atom is -0.244 e. The largest absolute Gasteiger partial charge is 0.244 e. The molecule has 0 aliphatic heterocycles. The Hall–Kier alpha value is -0.860. The van der Waals surface area contributed by atoms with E-state index in [1.807, 2.05) is 0 Å². The molecule has 0 amide bonds. The van der Waals surface area contributed by atoms with E-state index in [4.69, 9.17) is 0 Å². The second-order valence-corrected chi connectivity index (χ2v) is 3.64. The van der Waals surface area contributed by atoms with Crippen molar-refractivity contribution in [3.63, 3.8) is 0 Å². The van der Waals surface area contributed by atoms with E-state index in [1.165, 1.54) is 0 Å². The van der Waals surface area contributed by atoms with E-state index >= 15 is 0 Å². The fourth-order valence-electron chi connectivity index (χ4n) is 0.805. The van der Waals surface area contributed by atoms with Gasteiger partial charge in [-0.15, -0.1) is 0 Å². The number of nitrogens with zero attached hydrogens (tertiary/aromatic N) is 2. The molecule has 1 aromatic heterocycles. The first-order valence-corrected chi connectivity index (χ1v) is 3.34. The number of rotatable bonds is 1. The van der Waals surface area contributed by atoms with Crippen molar-refractivity contribution in [2.45, 2.75) is 27.2 Å². The Kier molecular flexibility index (Phi) is 1.74. The SMILES string of the molecule is CC(C)(C)Cc1cnon1. The quantitative estimate of drug-likeness (QED) is 0.595. The molecular formula is C7H12N2O. The summed E-state index contributed by atoms with van der Waals surface area (Å²) in [6, 6.07) is 0. The van der Waals surface area contributed by atoms with Crippen LogP contribution in [0.4, 0.5) is 0 Å². The van der Waals surface area contributed by atoms with Gasteiger partial charge in [0, 0.05) is 0 Å². The predicted octanol–water partition coefficient (Wildman–Crippen LogP) is 1.66. The molecule has 3 nitrogen and oxygen atoms in total. The highest BCUT2D eigenvalue weighted by Gasteiger charge is 2.12. The summed E-state index contributed by atoms with van der Waals surface area (Å²) in [5.41, 5.74) is 1.19. The summed E-state index contributed by atoms with van der Waals surface area (Å²) in [6.07, 6.45) is 2.57. The van der Waals surface area contributed by atoms with E-state index in [-0.39, 0.29) is 5.41 Å². The summed E-state index contributed by atoms with van der Waals surface area (Å²) in [6.45, 7) is 6.46. The molecule has 3 heteroatoms. The number of hydrogen-bond acceptors (Lipinski definition) is 3.